The molecule has 0 aliphatic heterocycles. The van der Waals surface area contributed by atoms with Crippen LogP contribution in [-0.2, 0) is 31.2 Å². The minimum absolute atomic E-state index is 0.0483. The molecule has 5 heterocycles. The summed E-state index contributed by atoms with van der Waals surface area (Å²) in [7, 11) is -1.45. The largest absolute Gasteiger partial charge is 0.481 e. The molecule has 0 bridgehead atoms. The molecule has 0 saturated heterocycles. The molecule has 642 valence electrons. The molecular formula is C92H82Cl6N12O13S2. The van der Waals surface area contributed by atoms with Crippen LogP contribution in [0.15, 0.2) is 274 Å². The number of carbonyl (C=O) groups excluding carboxylic acids is 6. The van der Waals surface area contributed by atoms with Crippen molar-refractivity contribution in [3.63, 3.8) is 0 Å². The van der Waals surface area contributed by atoms with Gasteiger partial charge in [0.05, 0.1) is 118 Å². The molecule has 0 aliphatic rings. The number of rotatable bonds is 27. The van der Waals surface area contributed by atoms with Crippen LogP contribution < -0.4 is 36.6 Å². The summed E-state index contributed by atoms with van der Waals surface area (Å²) in [4.78, 5) is 98.4. The lowest BCUT2D eigenvalue weighted by Gasteiger charge is -2.11. The summed E-state index contributed by atoms with van der Waals surface area (Å²) >= 11 is 37.7. The molecule has 0 aliphatic carbocycles. The summed E-state index contributed by atoms with van der Waals surface area (Å²) in [6.45, 7) is 3.59. The average molecular weight is 1840 g/mol. The molecule has 8 aromatic carbocycles. The summed E-state index contributed by atoms with van der Waals surface area (Å²) in [6.07, 6.45) is 6.57. The summed E-state index contributed by atoms with van der Waals surface area (Å²) in [5, 5.41) is 37.4. The number of benzene rings is 8. The topological polar surface area (TPSA) is 360 Å². The number of hydrogen-bond donors (Lipinski definition) is 8. The van der Waals surface area contributed by atoms with Crippen molar-refractivity contribution in [2.24, 2.45) is 0 Å². The van der Waals surface area contributed by atoms with Gasteiger partial charge < -0.3 is 51.8 Å². The highest BCUT2D eigenvalue weighted by molar-refractivity contribution is 7.90. The standard InChI is InChI=1S/C25H18Cl2N4O3.C23H24ClN3O3S.C22H19Cl2N3O3.C22H21ClN2O4S/c1-34-23-10-7-17(14-29-23)31-24(32)15-5-8-18(21(27)12-15)25(33)30-16-6-9-20(26)19(13-16)22-4-2-3-11-28-22;1-27(2)13-14-31(29,30)16-17-6-8-18(9-7-17)23(28)26-19-10-11-21(24)20(15-19)22-5-3-4-12-25-22;1-13(28)12-26-21(29)14-5-7-16(19(24)10-14)22(30)27-15-6-8-18(23)17(11-15)20-4-2-3-9-25-20;1-15(26)13-30(28,29)14-16-5-7-17(8-6-16)22(27)25-18-9-10-20(23)19(12-18)21-4-2-3-11-24-21/h2-14H,1H3,(H,30,33)(H,31,32);3-12,15H,13-14,16H2,1-2H3,(H,26,28);2-11,13,28H,12H2,1H3,(H,26,29)(H,27,30);2-12,15,26H,13-14H2,1H3,(H,25,27)/t;;13-;/m..1./s1. The number of pyridine rings is 5. The van der Waals surface area contributed by atoms with E-state index in [0.717, 1.165) is 5.56 Å². The lowest BCUT2D eigenvalue weighted by Crippen LogP contribution is -2.30. The Morgan fingerprint density at radius 1 is 0.376 bits per heavy atom. The minimum Gasteiger partial charge on any atom is -0.481 e. The Kier molecular flexibility index (Phi) is 34.4. The Labute approximate surface area is 752 Å². The van der Waals surface area contributed by atoms with Crippen molar-refractivity contribution in [3.8, 4) is 50.9 Å². The summed E-state index contributed by atoms with van der Waals surface area (Å²) < 4.78 is 53.4. The van der Waals surface area contributed by atoms with Gasteiger partial charge in [-0.15, -0.1) is 0 Å². The molecular weight excluding hydrogens is 1760 g/mol. The maximum atomic E-state index is 12.8. The van der Waals surface area contributed by atoms with E-state index in [4.69, 9.17) is 74.3 Å². The summed E-state index contributed by atoms with van der Waals surface area (Å²) in [5.41, 5.74) is 11.3. The fraction of sp³-hybridized carbons (Fsp3) is 0.141. The molecule has 0 spiro atoms. The van der Waals surface area contributed by atoms with Crippen molar-refractivity contribution < 1.29 is 60.6 Å². The highest BCUT2D eigenvalue weighted by atomic mass is 35.5. The number of hydrogen-bond acceptors (Lipinski definition) is 19. The molecule has 25 nitrogen and oxygen atoms in total. The van der Waals surface area contributed by atoms with Gasteiger partial charge in [0.1, 0.15) is 0 Å². The fourth-order valence-corrected chi connectivity index (χ4v) is 16.2. The third-order valence-corrected chi connectivity index (χ3v) is 23.2. The fourth-order valence-electron chi connectivity index (χ4n) is 11.7. The number of sulfone groups is 2. The number of ether oxygens (including phenoxy) is 1. The number of halogens is 6. The molecule has 2 atom stereocenters. The number of amides is 6. The molecule has 6 amide bonds. The lowest BCUT2D eigenvalue weighted by atomic mass is 10.1. The van der Waals surface area contributed by atoms with Crippen molar-refractivity contribution in [3.05, 3.63) is 348 Å². The van der Waals surface area contributed by atoms with Crippen LogP contribution in [-0.4, -0.2) is 150 Å². The summed E-state index contributed by atoms with van der Waals surface area (Å²) in [6, 6.07) is 67.6. The molecule has 0 saturated carbocycles. The first-order valence-corrected chi connectivity index (χ1v) is 44.0. The van der Waals surface area contributed by atoms with Gasteiger partial charge >= 0.3 is 0 Å². The highest BCUT2D eigenvalue weighted by Crippen LogP contribution is 2.35. The van der Waals surface area contributed by atoms with Crippen molar-refractivity contribution in [1.82, 2.24) is 35.1 Å². The Morgan fingerprint density at radius 3 is 1.03 bits per heavy atom. The van der Waals surface area contributed by atoms with Gasteiger partial charge in [-0.1, -0.05) is 118 Å². The smallest absolute Gasteiger partial charge is 0.257 e. The maximum absolute atomic E-state index is 12.8. The van der Waals surface area contributed by atoms with Gasteiger partial charge in [0.2, 0.25) is 5.88 Å². The second-order valence-electron chi connectivity index (χ2n) is 28.1. The third kappa shape index (κ3) is 28.9. The second kappa shape index (κ2) is 45.3. The first-order chi connectivity index (χ1) is 59.8. The Bertz CT molecular complexity index is 6210. The molecule has 8 N–H and O–H groups in total. The average Bonchev–Trinajstić information content (AvgIpc) is 0.825. The minimum atomic E-state index is -3.42. The first-order valence-electron chi connectivity index (χ1n) is 38.1. The molecule has 1 unspecified atom stereocenters. The molecule has 33 heteroatoms. The monoisotopic (exact) mass is 1840 g/mol. The van der Waals surface area contributed by atoms with Crippen molar-refractivity contribution >= 4 is 153 Å². The molecule has 0 radical (unpaired) electrons. The molecule has 125 heavy (non-hydrogen) atoms. The van der Waals surface area contributed by atoms with E-state index in [1.165, 1.54) is 56.6 Å². The first kappa shape index (κ1) is 94.9. The van der Waals surface area contributed by atoms with Gasteiger partial charge in [0, 0.05) is 111 Å². The molecule has 5 aromatic heterocycles. The number of anilines is 5. The quantitative estimate of drug-likeness (QED) is 0.0237. The van der Waals surface area contributed by atoms with Gasteiger partial charge in [-0.2, -0.15) is 0 Å². The van der Waals surface area contributed by atoms with Crippen molar-refractivity contribution in [2.75, 3.05) is 72.4 Å². The SMILES string of the molecule is CC(O)CS(=O)(=O)Cc1ccc(C(=O)Nc2ccc(Cl)c(-c3ccccn3)c2)cc1.CN(C)CCS(=O)(=O)Cc1ccc(C(=O)Nc2ccc(Cl)c(-c3ccccn3)c2)cc1.COc1ccc(NC(=O)c2ccc(C(=O)Nc3ccc(Cl)c(-c4ccccn4)c3)c(Cl)c2)cn1.C[C@@H](O)CNC(=O)c1ccc(C(=O)Nc2ccc(Cl)c(-c3ccccn3)c2)c(Cl)c1. The predicted octanol–water partition coefficient (Wildman–Crippen LogP) is 18.5. The Morgan fingerprint density at radius 2 is 0.712 bits per heavy atom. The van der Waals surface area contributed by atoms with Gasteiger partial charge in [-0.3, -0.25) is 48.7 Å². The number of nitrogens with one attached hydrogen (secondary N) is 6. The van der Waals surface area contributed by atoms with Crippen LogP contribution in [0.4, 0.5) is 28.4 Å². The van der Waals surface area contributed by atoms with E-state index >= 15 is 0 Å². The van der Waals surface area contributed by atoms with E-state index in [-0.39, 0.29) is 68.4 Å². The zero-order valence-corrected chi connectivity index (χ0v) is 73.7. The Balaban J connectivity index is 0.000000174. The molecule has 0 fully saturated rings. The number of nitrogens with zero attached hydrogens (tertiary/aromatic N) is 6. The van der Waals surface area contributed by atoms with Crippen LogP contribution in [0, 0.1) is 0 Å². The van der Waals surface area contributed by atoms with Crippen LogP contribution in [0.5, 0.6) is 5.88 Å². The van der Waals surface area contributed by atoms with Crippen LogP contribution in [0.25, 0.3) is 45.0 Å². The number of carbonyl (C=O) groups is 6. The lowest BCUT2D eigenvalue weighted by molar-refractivity contribution is 0.0921. The van der Waals surface area contributed by atoms with Gasteiger partial charge in [0.15, 0.2) is 19.7 Å². The van der Waals surface area contributed by atoms with Crippen LogP contribution >= 0.6 is 69.6 Å². The Hall–Kier alpha value is -12.4. The van der Waals surface area contributed by atoms with E-state index < -0.39 is 49.6 Å². The predicted molar refractivity (Wildman–Crippen MR) is 494 cm³/mol. The molecule has 13 aromatic rings. The number of aliphatic hydroxyl groups is 2. The zero-order valence-electron chi connectivity index (χ0n) is 67.5. The van der Waals surface area contributed by atoms with E-state index in [0.29, 0.717) is 134 Å². The van der Waals surface area contributed by atoms with E-state index in [1.807, 2.05) is 85.7 Å². The van der Waals surface area contributed by atoms with Crippen LogP contribution in [0.1, 0.15) is 87.1 Å². The van der Waals surface area contributed by atoms with E-state index in [2.05, 4.69) is 56.8 Å². The van der Waals surface area contributed by atoms with Gasteiger partial charge in [-0.25, -0.2) is 21.8 Å². The van der Waals surface area contributed by atoms with Crippen LogP contribution in [0.2, 0.25) is 30.1 Å². The number of aromatic nitrogens is 5. The van der Waals surface area contributed by atoms with Crippen LogP contribution in [0.3, 0.4) is 0 Å². The van der Waals surface area contributed by atoms with Crippen molar-refractivity contribution in [2.45, 2.75) is 37.6 Å². The maximum Gasteiger partial charge on any atom is 0.257 e. The molecule has 13 rings (SSSR count). The van der Waals surface area contributed by atoms with Crippen molar-refractivity contribution in [1.29, 1.82) is 0 Å². The van der Waals surface area contributed by atoms with Gasteiger partial charge in [0.25, 0.3) is 35.4 Å². The van der Waals surface area contributed by atoms with E-state index in [1.54, 1.807) is 171 Å². The van der Waals surface area contributed by atoms with E-state index in [9.17, 15) is 55.8 Å². The van der Waals surface area contributed by atoms with Gasteiger partial charge in [-0.05, 0) is 227 Å². The zero-order chi connectivity index (χ0) is 89.9. The second-order valence-corrected chi connectivity index (χ2v) is 34.9. The third-order valence-electron chi connectivity index (χ3n) is 17.9. The number of aliphatic hydroxyl groups excluding tert-OH is 2. The highest BCUT2D eigenvalue weighted by Gasteiger charge is 2.22. The number of methoxy groups -OCH3 is 1. The normalized spacial score (nSPS) is 11.4. The summed E-state index contributed by atoms with van der Waals surface area (Å²) in [5.74, 6) is -2.26.